The Labute approximate surface area is 135 Å². The fourth-order valence-electron chi connectivity index (χ4n) is 2.41. The molecule has 0 spiro atoms. The second-order valence-electron chi connectivity index (χ2n) is 5.20. The quantitative estimate of drug-likeness (QED) is 0.609. The van der Waals surface area contributed by atoms with Gasteiger partial charge in [-0.15, -0.1) is 0 Å². The lowest BCUT2D eigenvalue weighted by Gasteiger charge is -2.07. The Hall–Kier alpha value is -3.07. The van der Waals surface area contributed by atoms with Gasteiger partial charge in [-0.05, 0) is 24.3 Å². The van der Waals surface area contributed by atoms with Crippen LogP contribution in [-0.4, -0.2) is 18.0 Å². The van der Waals surface area contributed by atoms with Gasteiger partial charge in [0, 0.05) is 19.2 Å². The van der Waals surface area contributed by atoms with Crippen LogP contribution in [0.1, 0.15) is 0 Å². The van der Waals surface area contributed by atoms with E-state index in [1.54, 1.807) is 25.2 Å². The van der Waals surface area contributed by atoms with E-state index in [1.807, 2.05) is 0 Å². The molecule has 0 aliphatic heterocycles. The second kappa shape index (κ2) is 4.96. The number of hydrogen-bond acceptors (Lipinski definition) is 6. The number of sulfonamides is 1. The average Bonchev–Trinajstić information content (AvgIpc) is 3.11. The van der Waals surface area contributed by atoms with Crippen molar-refractivity contribution in [1.29, 1.82) is 0 Å². The molecule has 0 saturated carbocycles. The molecule has 24 heavy (non-hydrogen) atoms. The third-order valence-corrected chi connectivity index (χ3v) is 5.04. The lowest BCUT2D eigenvalue weighted by Crippen LogP contribution is -2.12. The van der Waals surface area contributed by atoms with Gasteiger partial charge in [-0.25, -0.2) is 18.2 Å². The third kappa shape index (κ3) is 2.26. The standard InChI is InChI=1S/C15H11N3O5S/c1-18-12-5-3-10(7-14(12)23-15(18)19)24(20,21)17-9-2-4-11-13(6-9)22-8-16-11/h2-8,17H,1H3. The van der Waals surface area contributed by atoms with Gasteiger partial charge < -0.3 is 8.83 Å². The van der Waals surface area contributed by atoms with Crippen LogP contribution in [0.15, 0.2) is 61.3 Å². The summed E-state index contributed by atoms with van der Waals surface area (Å²) in [5.74, 6) is -0.553. The minimum absolute atomic E-state index is 0.0120. The normalized spacial score (nSPS) is 12.0. The van der Waals surface area contributed by atoms with Gasteiger partial charge in [0.1, 0.15) is 5.52 Å². The maximum atomic E-state index is 12.5. The van der Waals surface area contributed by atoms with Gasteiger partial charge in [-0.1, -0.05) is 0 Å². The van der Waals surface area contributed by atoms with E-state index in [0.29, 0.717) is 22.3 Å². The maximum absolute atomic E-state index is 12.5. The van der Waals surface area contributed by atoms with E-state index in [1.165, 1.54) is 29.2 Å². The molecule has 9 heteroatoms. The number of anilines is 1. The molecule has 2 aromatic heterocycles. The van der Waals surface area contributed by atoms with Crippen molar-refractivity contribution < 1.29 is 17.3 Å². The molecular weight excluding hydrogens is 334 g/mol. The average molecular weight is 345 g/mol. The Bertz CT molecular complexity index is 1230. The van der Waals surface area contributed by atoms with E-state index in [4.69, 9.17) is 8.83 Å². The fraction of sp³-hybridized carbons (Fsp3) is 0.0667. The number of hydrogen-bond donors (Lipinski definition) is 1. The Balaban J connectivity index is 1.75. The molecule has 0 atom stereocenters. The van der Waals surface area contributed by atoms with Crippen molar-refractivity contribution in [1.82, 2.24) is 9.55 Å². The van der Waals surface area contributed by atoms with Gasteiger partial charge in [0.25, 0.3) is 10.0 Å². The molecule has 1 N–H and O–H groups in total. The second-order valence-corrected chi connectivity index (χ2v) is 6.88. The molecule has 0 bridgehead atoms. The SMILES string of the molecule is Cn1c(=O)oc2cc(S(=O)(=O)Nc3ccc4ncoc4c3)ccc21. The largest absolute Gasteiger partial charge is 0.443 e. The molecule has 122 valence electrons. The van der Waals surface area contributed by atoms with Crippen LogP contribution >= 0.6 is 0 Å². The number of nitrogens with zero attached hydrogens (tertiary/aromatic N) is 2. The summed E-state index contributed by atoms with van der Waals surface area (Å²) in [5.41, 5.74) is 2.16. The molecule has 8 nitrogen and oxygen atoms in total. The number of aryl methyl sites for hydroxylation is 1. The molecule has 0 saturated heterocycles. The Morgan fingerprint density at radius 2 is 1.96 bits per heavy atom. The highest BCUT2D eigenvalue weighted by Gasteiger charge is 2.17. The van der Waals surface area contributed by atoms with Crippen molar-refractivity contribution in [3.8, 4) is 0 Å². The minimum Gasteiger partial charge on any atom is -0.443 e. The predicted octanol–water partition coefficient (Wildman–Crippen LogP) is 2.07. The van der Waals surface area contributed by atoms with E-state index in [2.05, 4.69) is 9.71 Å². The molecule has 2 aromatic carbocycles. The Morgan fingerprint density at radius 1 is 1.12 bits per heavy atom. The zero-order valence-electron chi connectivity index (χ0n) is 12.4. The molecule has 0 amide bonds. The summed E-state index contributed by atoms with van der Waals surface area (Å²) in [7, 11) is -2.29. The summed E-state index contributed by atoms with van der Waals surface area (Å²) < 4.78 is 39.0. The first-order valence-corrected chi connectivity index (χ1v) is 8.38. The first kappa shape index (κ1) is 14.5. The molecule has 4 rings (SSSR count). The highest BCUT2D eigenvalue weighted by molar-refractivity contribution is 7.92. The van der Waals surface area contributed by atoms with Crippen LogP contribution < -0.4 is 10.5 Å². The summed E-state index contributed by atoms with van der Waals surface area (Å²) in [6.45, 7) is 0. The van der Waals surface area contributed by atoms with Crippen LogP contribution in [0.2, 0.25) is 0 Å². The Kier molecular flexibility index (Phi) is 3.00. The van der Waals surface area contributed by atoms with Crippen molar-refractivity contribution >= 4 is 37.9 Å². The maximum Gasteiger partial charge on any atom is 0.419 e. The summed E-state index contributed by atoms with van der Waals surface area (Å²) in [6, 6.07) is 9.02. The lowest BCUT2D eigenvalue weighted by atomic mass is 10.3. The number of rotatable bonds is 3. The molecule has 0 radical (unpaired) electrons. The van der Waals surface area contributed by atoms with Crippen LogP contribution in [0, 0.1) is 0 Å². The van der Waals surface area contributed by atoms with E-state index < -0.39 is 15.8 Å². The van der Waals surface area contributed by atoms with Crippen molar-refractivity contribution in [3.05, 3.63) is 53.3 Å². The Morgan fingerprint density at radius 3 is 2.79 bits per heavy atom. The van der Waals surface area contributed by atoms with Gasteiger partial charge in [-0.2, -0.15) is 0 Å². The fourth-order valence-corrected chi connectivity index (χ4v) is 3.48. The van der Waals surface area contributed by atoms with Crippen LogP contribution in [0.4, 0.5) is 5.69 Å². The molecular formula is C15H11N3O5S. The number of nitrogens with one attached hydrogen (secondary N) is 1. The monoisotopic (exact) mass is 345 g/mol. The topological polar surface area (TPSA) is 107 Å². The van der Waals surface area contributed by atoms with E-state index in [-0.39, 0.29) is 10.5 Å². The van der Waals surface area contributed by atoms with Crippen LogP contribution in [0.25, 0.3) is 22.2 Å². The van der Waals surface area contributed by atoms with E-state index >= 15 is 0 Å². The lowest BCUT2D eigenvalue weighted by molar-refractivity contribution is 0.527. The molecule has 4 aromatic rings. The molecule has 0 unspecified atom stereocenters. The van der Waals surface area contributed by atoms with E-state index in [0.717, 1.165) is 0 Å². The van der Waals surface area contributed by atoms with Crippen molar-refractivity contribution in [2.24, 2.45) is 7.05 Å². The van der Waals surface area contributed by atoms with Gasteiger partial charge in [0.15, 0.2) is 17.6 Å². The minimum atomic E-state index is -3.84. The number of fused-ring (bicyclic) bond motifs is 2. The number of benzene rings is 2. The molecule has 0 aliphatic rings. The van der Waals surface area contributed by atoms with Crippen molar-refractivity contribution in [2.45, 2.75) is 4.90 Å². The summed E-state index contributed by atoms with van der Waals surface area (Å²) in [5, 5.41) is 0. The first-order valence-electron chi connectivity index (χ1n) is 6.90. The van der Waals surface area contributed by atoms with Gasteiger partial charge in [0.05, 0.1) is 16.1 Å². The zero-order chi connectivity index (χ0) is 16.9. The van der Waals surface area contributed by atoms with Crippen LogP contribution in [0.5, 0.6) is 0 Å². The smallest absolute Gasteiger partial charge is 0.419 e. The molecule has 0 fully saturated rings. The molecule has 2 heterocycles. The van der Waals surface area contributed by atoms with Gasteiger partial charge in [-0.3, -0.25) is 9.29 Å². The predicted molar refractivity (Wildman–Crippen MR) is 86.3 cm³/mol. The number of oxazole rings is 2. The summed E-state index contributed by atoms with van der Waals surface area (Å²) in [6.07, 6.45) is 1.29. The van der Waals surface area contributed by atoms with Crippen LogP contribution in [0.3, 0.4) is 0 Å². The zero-order valence-corrected chi connectivity index (χ0v) is 13.2. The highest BCUT2D eigenvalue weighted by atomic mass is 32.2. The van der Waals surface area contributed by atoms with Crippen molar-refractivity contribution in [2.75, 3.05) is 4.72 Å². The first-order chi connectivity index (χ1) is 11.4. The summed E-state index contributed by atoms with van der Waals surface area (Å²) in [4.78, 5) is 15.5. The van der Waals surface area contributed by atoms with Gasteiger partial charge >= 0.3 is 5.76 Å². The number of aromatic nitrogens is 2. The van der Waals surface area contributed by atoms with Crippen LogP contribution in [-0.2, 0) is 17.1 Å². The molecule has 0 aliphatic carbocycles. The third-order valence-electron chi connectivity index (χ3n) is 3.66. The summed E-state index contributed by atoms with van der Waals surface area (Å²) >= 11 is 0. The van der Waals surface area contributed by atoms with E-state index in [9.17, 15) is 13.2 Å². The highest BCUT2D eigenvalue weighted by Crippen LogP contribution is 2.23. The van der Waals surface area contributed by atoms with Crippen molar-refractivity contribution in [3.63, 3.8) is 0 Å². The van der Waals surface area contributed by atoms with Gasteiger partial charge in [0.2, 0.25) is 0 Å².